The fraction of sp³-hybridized carbons (Fsp3) is 0. The SMILES string of the molecule is Clc1ccc(Cl)c(-c2cnc(Cl)nc2Cl)c1. The van der Waals surface area contributed by atoms with Crippen LogP contribution in [0.15, 0.2) is 24.4 Å². The van der Waals surface area contributed by atoms with Crippen LogP contribution in [0.4, 0.5) is 0 Å². The molecule has 0 saturated heterocycles. The molecule has 0 amide bonds. The summed E-state index contributed by atoms with van der Waals surface area (Å²) in [6, 6.07) is 5.07. The van der Waals surface area contributed by atoms with Crippen molar-refractivity contribution in [3.63, 3.8) is 0 Å². The Morgan fingerprint density at radius 3 is 2.38 bits per heavy atom. The third-order valence-electron chi connectivity index (χ3n) is 1.93. The average Bonchev–Trinajstić information content (AvgIpc) is 2.22. The molecule has 16 heavy (non-hydrogen) atoms. The topological polar surface area (TPSA) is 25.8 Å². The predicted octanol–water partition coefficient (Wildman–Crippen LogP) is 4.76. The molecular weight excluding hydrogens is 290 g/mol. The van der Waals surface area contributed by atoms with Crippen LogP contribution in [0.25, 0.3) is 11.1 Å². The summed E-state index contributed by atoms with van der Waals surface area (Å²) in [4.78, 5) is 7.69. The van der Waals surface area contributed by atoms with Crippen molar-refractivity contribution in [2.45, 2.75) is 0 Å². The number of halogens is 4. The first-order valence-corrected chi connectivity index (χ1v) is 5.72. The summed E-state index contributed by atoms with van der Waals surface area (Å²) < 4.78 is 0. The van der Waals surface area contributed by atoms with Gasteiger partial charge in [0.2, 0.25) is 5.28 Å². The van der Waals surface area contributed by atoms with Crippen molar-refractivity contribution in [3.05, 3.63) is 44.9 Å². The van der Waals surface area contributed by atoms with E-state index in [1.807, 2.05) is 0 Å². The molecule has 0 spiro atoms. The van der Waals surface area contributed by atoms with E-state index in [0.717, 1.165) is 0 Å². The van der Waals surface area contributed by atoms with Crippen molar-refractivity contribution in [2.24, 2.45) is 0 Å². The Bertz CT molecular complexity index is 542. The molecular formula is C10H4Cl4N2. The molecule has 0 aliphatic heterocycles. The standard InChI is InChI=1S/C10H4Cl4N2/c11-5-1-2-8(12)6(3-5)7-4-15-10(14)16-9(7)13/h1-4H. The molecule has 0 radical (unpaired) electrons. The van der Waals surface area contributed by atoms with Gasteiger partial charge >= 0.3 is 0 Å². The monoisotopic (exact) mass is 292 g/mol. The third kappa shape index (κ3) is 2.41. The maximum atomic E-state index is 6.04. The van der Waals surface area contributed by atoms with Gasteiger partial charge in [-0.15, -0.1) is 0 Å². The highest BCUT2D eigenvalue weighted by Crippen LogP contribution is 2.33. The quantitative estimate of drug-likeness (QED) is 0.560. The van der Waals surface area contributed by atoms with Crippen molar-refractivity contribution >= 4 is 46.4 Å². The number of rotatable bonds is 1. The van der Waals surface area contributed by atoms with E-state index in [4.69, 9.17) is 46.4 Å². The van der Waals surface area contributed by atoms with Gasteiger partial charge in [-0.2, -0.15) is 0 Å². The van der Waals surface area contributed by atoms with E-state index in [9.17, 15) is 0 Å². The van der Waals surface area contributed by atoms with E-state index in [2.05, 4.69) is 9.97 Å². The minimum absolute atomic E-state index is 0.0897. The molecule has 82 valence electrons. The number of hydrogen-bond donors (Lipinski definition) is 0. The van der Waals surface area contributed by atoms with E-state index in [1.54, 1.807) is 18.2 Å². The zero-order valence-corrected chi connectivity index (χ0v) is 10.7. The van der Waals surface area contributed by atoms with Crippen molar-refractivity contribution in [3.8, 4) is 11.1 Å². The van der Waals surface area contributed by atoms with E-state index < -0.39 is 0 Å². The zero-order chi connectivity index (χ0) is 11.7. The Hall–Kier alpha value is -0.540. The molecule has 1 aromatic carbocycles. The fourth-order valence-corrected chi connectivity index (χ4v) is 2.02. The lowest BCUT2D eigenvalue weighted by Crippen LogP contribution is -1.88. The van der Waals surface area contributed by atoms with Gasteiger partial charge in [0, 0.05) is 27.4 Å². The van der Waals surface area contributed by atoms with Crippen molar-refractivity contribution < 1.29 is 0 Å². The fourth-order valence-electron chi connectivity index (χ4n) is 1.23. The molecule has 1 aromatic heterocycles. The van der Waals surface area contributed by atoms with Crippen LogP contribution < -0.4 is 0 Å². The zero-order valence-electron chi connectivity index (χ0n) is 7.72. The first-order chi connectivity index (χ1) is 7.58. The third-order valence-corrected chi connectivity index (χ3v) is 2.97. The van der Waals surface area contributed by atoms with Crippen molar-refractivity contribution in [2.75, 3.05) is 0 Å². The smallest absolute Gasteiger partial charge is 0.223 e. The lowest BCUT2D eigenvalue weighted by molar-refractivity contribution is 1.17. The van der Waals surface area contributed by atoms with Crippen molar-refractivity contribution in [1.29, 1.82) is 0 Å². The van der Waals surface area contributed by atoms with Gasteiger partial charge in [-0.1, -0.05) is 34.8 Å². The molecule has 2 nitrogen and oxygen atoms in total. The molecule has 0 aliphatic rings. The van der Waals surface area contributed by atoms with Crippen LogP contribution >= 0.6 is 46.4 Å². The lowest BCUT2D eigenvalue weighted by atomic mass is 10.1. The second kappa shape index (κ2) is 4.76. The van der Waals surface area contributed by atoms with Crippen LogP contribution in [0.1, 0.15) is 0 Å². The Balaban J connectivity index is 2.62. The van der Waals surface area contributed by atoms with E-state index in [1.165, 1.54) is 6.20 Å². The molecule has 0 atom stereocenters. The summed E-state index contributed by atoms with van der Waals surface area (Å²) >= 11 is 23.5. The number of benzene rings is 1. The molecule has 2 aromatic rings. The molecule has 2 rings (SSSR count). The minimum Gasteiger partial charge on any atom is -0.226 e. The van der Waals surface area contributed by atoms with Crippen LogP contribution in [0.5, 0.6) is 0 Å². The Morgan fingerprint density at radius 2 is 1.69 bits per heavy atom. The summed E-state index contributed by atoms with van der Waals surface area (Å²) in [6.07, 6.45) is 1.51. The number of hydrogen-bond acceptors (Lipinski definition) is 2. The van der Waals surface area contributed by atoms with Gasteiger partial charge in [-0.05, 0) is 29.8 Å². The first kappa shape index (κ1) is 11.9. The average molecular weight is 294 g/mol. The second-order valence-corrected chi connectivity index (χ2v) is 4.51. The molecule has 0 bridgehead atoms. The molecule has 0 unspecified atom stereocenters. The largest absolute Gasteiger partial charge is 0.226 e. The minimum atomic E-state index is 0.0897. The van der Waals surface area contributed by atoms with Gasteiger partial charge < -0.3 is 0 Å². The molecule has 0 N–H and O–H groups in total. The van der Waals surface area contributed by atoms with Gasteiger partial charge in [0.15, 0.2) is 0 Å². The Morgan fingerprint density at radius 1 is 0.938 bits per heavy atom. The number of aromatic nitrogens is 2. The van der Waals surface area contributed by atoms with Crippen LogP contribution in [0, 0.1) is 0 Å². The Labute approximate surface area is 112 Å². The maximum Gasteiger partial charge on any atom is 0.223 e. The van der Waals surface area contributed by atoms with Crippen LogP contribution in [0.3, 0.4) is 0 Å². The van der Waals surface area contributed by atoms with Gasteiger partial charge in [-0.25, -0.2) is 9.97 Å². The van der Waals surface area contributed by atoms with Gasteiger partial charge in [0.05, 0.1) is 0 Å². The maximum absolute atomic E-state index is 6.04. The molecule has 6 heteroatoms. The Kier molecular flexibility index (Phi) is 3.55. The second-order valence-electron chi connectivity index (χ2n) is 2.97. The highest BCUT2D eigenvalue weighted by molar-refractivity contribution is 6.37. The predicted molar refractivity (Wildman–Crippen MR) is 67.5 cm³/mol. The van der Waals surface area contributed by atoms with Crippen LogP contribution in [0.2, 0.25) is 20.5 Å². The van der Waals surface area contributed by atoms with E-state index >= 15 is 0 Å². The number of nitrogens with zero attached hydrogens (tertiary/aromatic N) is 2. The highest BCUT2D eigenvalue weighted by Gasteiger charge is 2.10. The first-order valence-electron chi connectivity index (χ1n) is 4.21. The summed E-state index contributed by atoms with van der Waals surface area (Å²) in [5.41, 5.74) is 1.27. The summed E-state index contributed by atoms with van der Waals surface area (Å²) in [7, 11) is 0. The molecule has 0 fully saturated rings. The molecule has 0 saturated carbocycles. The lowest BCUT2D eigenvalue weighted by Gasteiger charge is -2.06. The van der Waals surface area contributed by atoms with E-state index in [-0.39, 0.29) is 10.4 Å². The summed E-state index contributed by atoms with van der Waals surface area (Å²) in [5, 5.41) is 1.42. The van der Waals surface area contributed by atoms with Crippen molar-refractivity contribution in [1.82, 2.24) is 9.97 Å². The summed E-state index contributed by atoms with van der Waals surface area (Å²) in [5.74, 6) is 0. The van der Waals surface area contributed by atoms with Crippen LogP contribution in [-0.4, -0.2) is 9.97 Å². The molecule has 1 heterocycles. The van der Waals surface area contributed by atoms with E-state index in [0.29, 0.717) is 21.2 Å². The normalized spacial score (nSPS) is 10.5. The van der Waals surface area contributed by atoms with Gasteiger partial charge in [0.25, 0.3) is 0 Å². The van der Waals surface area contributed by atoms with Crippen LogP contribution in [-0.2, 0) is 0 Å². The molecule has 0 aliphatic carbocycles. The van der Waals surface area contributed by atoms with Gasteiger partial charge in [0.1, 0.15) is 5.15 Å². The van der Waals surface area contributed by atoms with Gasteiger partial charge in [-0.3, -0.25) is 0 Å². The highest BCUT2D eigenvalue weighted by atomic mass is 35.5. The summed E-state index contributed by atoms with van der Waals surface area (Å²) in [6.45, 7) is 0.